The SMILES string of the molecule is CC.CCC1C(C)CC1C#N. The van der Waals surface area contributed by atoms with Gasteiger partial charge in [0.15, 0.2) is 0 Å². The first kappa shape index (κ1) is 10.5. The first-order chi connectivity index (χ1) is 5.29. The van der Waals surface area contributed by atoms with E-state index in [1.54, 1.807) is 0 Å². The highest BCUT2D eigenvalue weighted by Crippen LogP contribution is 2.41. The minimum Gasteiger partial charge on any atom is -0.198 e. The molecule has 1 fully saturated rings. The Morgan fingerprint density at radius 3 is 2.18 bits per heavy atom. The summed E-state index contributed by atoms with van der Waals surface area (Å²) in [7, 11) is 0. The van der Waals surface area contributed by atoms with Gasteiger partial charge < -0.3 is 0 Å². The fourth-order valence-electron chi connectivity index (χ4n) is 1.79. The van der Waals surface area contributed by atoms with Gasteiger partial charge in [-0.1, -0.05) is 34.1 Å². The van der Waals surface area contributed by atoms with Crippen LogP contribution in [-0.2, 0) is 0 Å². The standard InChI is InChI=1S/C8H13N.C2H6/c1-3-8-6(2)4-7(8)5-9;1-2/h6-8H,3-4H2,1-2H3;1-2H3. The molecule has 0 aromatic heterocycles. The monoisotopic (exact) mass is 153 g/mol. The van der Waals surface area contributed by atoms with Crippen molar-refractivity contribution in [1.82, 2.24) is 0 Å². The van der Waals surface area contributed by atoms with Crippen LogP contribution in [0.5, 0.6) is 0 Å². The van der Waals surface area contributed by atoms with E-state index >= 15 is 0 Å². The van der Waals surface area contributed by atoms with E-state index in [9.17, 15) is 0 Å². The average Bonchev–Trinajstić information content (AvgIpc) is 2.04. The summed E-state index contributed by atoms with van der Waals surface area (Å²) in [5.74, 6) is 1.89. The Hall–Kier alpha value is -0.510. The third-order valence-electron chi connectivity index (χ3n) is 2.51. The highest BCUT2D eigenvalue weighted by Gasteiger charge is 2.36. The van der Waals surface area contributed by atoms with Crippen LogP contribution in [0.25, 0.3) is 0 Å². The van der Waals surface area contributed by atoms with Crippen LogP contribution in [0.1, 0.15) is 40.5 Å². The van der Waals surface area contributed by atoms with E-state index in [1.807, 2.05) is 13.8 Å². The highest BCUT2D eigenvalue weighted by atomic mass is 14.4. The Labute approximate surface area is 70.4 Å². The Kier molecular flexibility index (Phi) is 4.94. The van der Waals surface area contributed by atoms with E-state index in [0.717, 1.165) is 12.3 Å². The summed E-state index contributed by atoms with van der Waals surface area (Å²) in [4.78, 5) is 0. The van der Waals surface area contributed by atoms with Crippen LogP contribution < -0.4 is 0 Å². The van der Waals surface area contributed by atoms with Crippen molar-refractivity contribution >= 4 is 0 Å². The van der Waals surface area contributed by atoms with Crippen molar-refractivity contribution in [3.63, 3.8) is 0 Å². The summed E-state index contributed by atoms with van der Waals surface area (Å²) in [5.41, 5.74) is 0. The molecule has 1 saturated carbocycles. The van der Waals surface area contributed by atoms with Crippen molar-refractivity contribution < 1.29 is 0 Å². The van der Waals surface area contributed by atoms with Crippen LogP contribution in [0, 0.1) is 29.1 Å². The summed E-state index contributed by atoms with van der Waals surface area (Å²) < 4.78 is 0. The van der Waals surface area contributed by atoms with Gasteiger partial charge in [0, 0.05) is 5.92 Å². The zero-order valence-electron chi connectivity index (χ0n) is 8.09. The van der Waals surface area contributed by atoms with Gasteiger partial charge in [-0.25, -0.2) is 0 Å². The third-order valence-corrected chi connectivity index (χ3v) is 2.51. The second kappa shape index (κ2) is 5.18. The van der Waals surface area contributed by atoms with Gasteiger partial charge in [0.05, 0.1) is 6.07 Å². The molecule has 0 amide bonds. The minimum absolute atomic E-state index is 0.380. The Morgan fingerprint density at radius 1 is 1.45 bits per heavy atom. The summed E-state index contributed by atoms with van der Waals surface area (Å²) in [6, 6.07) is 2.33. The molecule has 3 unspecified atom stereocenters. The summed E-state index contributed by atoms with van der Waals surface area (Å²) >= 11 is 0. The maximum absolute atomic E-state index is 8.56. The molecule has 1 heteroatoms. The molecule has 0 aromatic rings. The predicted octanol–water partition coefficient (Wildman–Crippen LogP) is 3.22. The van der Waals surface area contributed by atoms with E-state index in [-0.39, 0.29) is 0 Å². The van der Waals surface area contributed by atoms with Gasteiger partial charge in [-0.2, -0.15) is 5.26 Å². The second-order valence-corrected chi connectivity index (χ2v) is 3.02. The number of nitriles is 1. The lowest BCUT2D eigenvalue weighted by molar-refractivity contribution is 0.127. The number of nitrogens with zero attached hydrogens (tertiary/aromatic N) is 1. The zero-order valence-corrected chi connectivity index (χ0v) is 8.09. The number of rotatable bonds is 1. The van der Waals surface area contributed by atoms with Crippen molar-refractivity contribution in [3.8, 4) is 6.07 Å². The van der Waals surface area contributed by atoms with E-state index in [4.69, 9.17) is 5.26 Å². The smallest absolute Gasteiger partial charge is 0.0658 e. The van der Waals surface area contributed by atoms with E-state index in [0.29, 0.717) is 11.8 Å². The van der Waals surface area contributed by atoms with Crippen molar-refractivity contribution in [2.24, 2.45) is 17.8 Å². The Balaban J connectivity index is 0.000000461. The normalized spacial score (nSPS) is 34.3. The van der Waals surface area contributed by atoms with Crippen LogP contribution in [0.15, 0.2) is 0 Å². The molecule has 0 aromatic carbocycles. The molecule has 0 heterocycles. The van der Waals surface area contributed by atoms with Gasteiger partial charge in [0.25, 0.3) is 0 Å². The van der Waals surface area contributed by atoms with Crippen LogP contribution in [0.4, 0.5) is 0 Å². The van der Waals surface area contributed by atoms with Crippen LogP contribution in [0.3, 0.4) is 0 Å². The quantitative estimate of drug-likeness (QED) is 0.567. The lowest BCUT2D eigenvalue weighted by atomic mass is 9.65. The number of hydrogen-bond acceptors (Lipinski definition) is 1. The zero-order chi connectivity index (χ0) is 8.85. The predicted molar refractivity (Wildman–Crippen MR) is 48.0 cm³/mol. The maximum atomic E-state index is 8.56. The lowest BCUT2D eigenvalue weighted by Gasteiger charge is -2.38. The summed E-state index contributed by atoms with van der Waals surface area (Å²) in [6.07, 6.45) is 2.31. The maximum Gasteiger partial charge on any atom is 0.0658 e. The van der Waals surface area contributed by atoms with E-state index < -0.39 is 0 Å². The molecule has 0 aliphatic heterocycles. The molecular formula is C10H19N. The Morgan fingerprint density at radius 2 is 2.00 bits per heavy atom. The topological polar surface area (TPSA) is 23.8 Å². The molecule has 1 aliphatic carbocycles. The van der Waals surface area contributed by atoms with Crippen molar-refractivity contribution in [2.45, 2.75) is 40.5 Å². The van der Waals surface area contributed by atoms with Gasteiger partial charge in [-0.15, -0.1) is 0 Å². The number of hydrogen-bond donors (Lipinski definition) is 0. The van der Waals surface area contributed by atoms with Crippen molar-refractivity contribution in [3.05, 3.63) is 0 Å². The van der Waals surface area contributed by atoms with Crippen LogP contribution in [-0.4, -0.2) is 0 Å². The molecule has 0 radical (unpaired) electrons. The molecule has 0 N–H and O–H groups in total. The molecule has 0 saturated heterocycles. The van der Waals surface area contributed by atoms with Gasteiger partial charge in [-0.3, -0.25) is 0 Å². The fraction of sp³-hybridized carbons (Fsp3) is 0.900. The van der Waals surface area contributed by atoms with Gasteiger partial charge >= 0.3 is 0 Å². The van der Waals surface area contributed by atoms with E-state index in [1.165, 1.54) is 6.42 Å². The van der Waals surface area contributed by atoms with Crippen LogP contribution >= 0.6 is 0 Å². The molecule has 11 heavy (non-hydrogen) atoms. The van der Waals surface area contributed by atoms with Crippen molar-refractivity contribution in [2.75, 3.05) is 0 Å². The molecular weight excluding hydrogens is 134 g/mol. The lowest BCUT2D eigenvalue weighted by Crippen LogP contribution is -2.33. The van der Waals surface area contributed by atoms with Gasteiger partial charge in [0.2, 0.25) is 0 Å². The first-order valence-electron chi connectivity index (χ1n) is 4.69. The molecule has 3 atom stereocenters. The van der Waals surface area contributed by atoms with Gasteiger partial charge in [-0.05, 0) is 18.3 Å². The molecule has 1 nitrogen and oxygen atoms in total. The molecule has 1 aliphatic rings. The average molecular weight is 153 g/mol. The fourth-order valence-corrected chi connectivity index (χ4v) is 1.79. The largest absolute Gasteiger partial charge is 0.198 e. The third kappa shape index (κ3) is 2.22. The Bertz CT molecular complexity index is 134. The minimum atomic E-state index is 0.380. The summed E-state index contributed by atoms with van der Waals surface area (Å²) in [5, 5.41) is 8.56. The molecule has 0 bridgehead atoms. The molecule has 1 rings (SSSR count). The van der Waals surface area contributed by atoms with Crippen molar-refractivity contribution in [1.29, 1.82) is 5.26 Å². The first-order valence-corrected chi connectivity index (χ1v) is 4.69. The second-order valence-electron chi connectivity index (χ2n) is 3.02. The molecule has 0 spiro atoms. The van der Waals surface area contributed by atoms with E-state index in [2.05, 4.69) is 19.9 Å². The summed E-state index contributed by atoms with van der Waals surface area (Å²) in [6.45, 7) is 8.41. The highest BCUT2D eigenvalue weighted by molar-refractivity contribution is 4.98. The molecule has 64 valence electrons. The van der Waals surface area contributed by atoms with Crippen LogP contribution in [0.2, 0.25) is 0 Å². The van der Waals surface area contributed by atoms with Gasteiger partial charge in [0.1, 0.15) is 0 Å².